The van der Waals surface area contributed by atoms with Gasteiger partial charge in [0.15, 0.2) is 5.78 Å². The van der Waals surface area contributed by atoms with Gasteiger partial charge in [0, 0.05) is 23.1 Å². The molecule has 0 bridgehead atoms. The molecule has 1 rings (SSSR count). The molecule has 1 aromatic rings. The zero-order chi connectivity index (χ0) is 13.7. The molecule has 3 heteroatoms. The Morgan fingerprint density at radius 2 is 2.06 bits per heavy atom. The molecule has 0 saturated carbocycles. The molecule has 2 nitrogen and oxygen atoms in total. The number of hydrogen-bond donors (Lipinski definition) is 0. The van der Waals surface area contributed by atoms with Gasteiger partial charge in [-0.15, -0.1) is 0 Å². The number of rotatable bonds is 6. The van der Waals surface area contributed by atoms with Crippen molar-refractivity contribution in [3.63, 3.8) is 0 Å². The summed E-state index contributed by atoms with van der Waals surface area (Å²) >= 11 is 3.57. The lowest BCUT2D eigenvalue weighted by molar-refractivity contribution is 0.101. The lowest BCUT2D eigenvalue weighted by Gasteiger charge is -2.27. The first-order chi connectivity index (χ1) is 8.49. The fraction of sp³-hybridized carbons (Fsp3) is 0.533. The third-order valence-corrected chi connectivity index (χ3v) is 3.94. The summed E-state index contributed by atoms with van der Waals surface area (Å²) in [6, 6.07) is 5.85. The maximum atomic E-state index is 11.3. The van der Waals surface area contributed by atoms with Crippen LogP contribution in [0.5, 0.6) is 0 Å². The van der Waals surface area contributed by atoms with E-state index < -0.39 is 0 Å². The number of benzene rings is 1. The molecule has 0 amide bonds. The number of ketones is 1. The van der Waals surface area contributed by atoms with Gasteiger partial charge >= 0.3 is 0 Å². The molecule has 100 valence electrons. The number of nitrogens with zero attached hydrogens (tertiary/aromatic N) is 1. The predicted molar refractivity (Wildman–Crippen MR) is 81.5 cm³/mol. The smallest absolute Gasteiger partial charge is 0.159 e. The molecule has 1 unspecified atom stereocenters. The molecule has 1 aromatic carbocycles. The van der Waals surface area contributed by atoms with Gasteiger partial charge in [-0.1, -0.05) is 20.3 Å². The minimum atomic E-state index is 0.104. The molecule has 0 spiro atoms. The van der Waals surface area contributed by atoms with Crippen molar-refractivity contribution in [3.8, 4) is 0 Å². The number of Topliss-reactive ketones (excluding diaryl/α,β-unsaturated/α-hetero) is 1. The molecule has 0 radical (unpaired) electrons. The second-order valence-corrected chi connectivity index (χ2v) is 5.63. The van der Waals surface area contributed by atoms with Crippen LogP contribution in [0.4, 0.5) is 5.69 Å². The van der Waals surface area contributed by atoms with Crippen LogP contribution in [-0.4, -0.2) is 18.9 Å². The SMILES string of the molecule is CCC(C)CN(CC)c1ccc(C(C)=O)cc1Br. The fourth-order valence-electron chi connectivity index (χ4n) is 1.89. The molecule has 0 saturated heterocycles. The van der Waals surface area contributed by atoms with E-state index in [0.29, 0.717) is 5.92 Å². The summed E-state index contributed by atoms with van der Waals surface area (Å²) in [5.41, 5.74) is 1.92. The summed E-state index contributed by atoms with van der Waals surface area (Å²) in [6.45, 7) is 10.3. The van der Waals surface area contributed by atoms with Gasteiger partial charge in [-0.2, -0.15) is 0 Å². The molecule has 0 N–H and O–H groups in total. The first-order valence-electron chi connectivity index (χ1n) is 6.55. The van der Waals surface area contributed by atoms with E-state index >= 15 is 0 Å². The molecule has 18 heavy (non-hydrogen) atoms. The van der Waals surface area contributed by atoms with E-state index in [0.717, 1.165) is 23.1 Å². The predicted octanol–water partition coefficient (Wildman–Crippen LogP) is 4.52. The Balaban J connectivity index is 2.96. The highest BCUT2D eigenvalue weighted by atomic mass is 79.9. The molecule has 0 fully saturated rings. The van der Waals surface area contributed by atoms with E-state index in [2.05, 4.69) is 41.6 Å². The van der Waals surface area contributed by atoms with Crippen LogP contribution in [0.3, 0.4) is 0 Å². The fourth-order valence-corrected chi connectivity index (χ4v) is 2.52. The minimum absolute atomic E-state index is 0.104. The molecular formula is C15H22BrNO. The lowest BCUT2D eigenvalue weighted by Crippen LogP contribution is -2.28. The summed E-state index contributed by atoms with van der Waals surface area (Å²) in [7, 11) is 0. The van der Waals surface area contributed by atoms with Crippen LogP contribution in [0.25, 0.3) is 0 Å². The normalized spacial score (nSPS) is 12.3. The second-order valence-electron chi connectivity index (χ2n) is 4.77. The van der Waals surface area contributed by atoms with Gasteiger partial charge in [0.2, 0.25) is 0 Å². The average Bonchev–Trinajstić information content (AvgIpc) is 2.35. The summed E-state index contributed by atoms with van der Waals surface area (Å²) in [4.78, 5) is 13.7. The summed E-state index contributed by atoms with van der Waals surface area (Å²) < 4.78 is 1.00. The van der Waals surface area contributed by atoms with Crippen molar-refractivity contribution < 1.29 is 4.79 Å². The van der Waals surface area contributed by atoms with Crippen molar-refractivity contribution in [2.45, 2.75) is 34.1 Å². The molecule has 0 aromatic heterocycles. The van der Waals surface area contributed by atoms with Crippen LogP contribution in [-0.2, 0) is 0 Å². The van der Waals surface area contributed by atoms with Gasteiger partial charge in [0.05, 0.1) is 5.69 Å². The van der Waals surface area contributed by atoms with Crippen LogP contribution in [0.1, 0.15) is 44.5 Å². The van der Waals surface area contributed by atoms with E-state index in [4.69, 9.17) is 0 Å². The van der Waals surface area contributed by atoms with Crippen molar-refractivity contribution in [2.24, 2.45) is 5.92 Å². The van der Waals surface area contributed by atoms with Crippen molar-refractivity contribution in [2.75, 3.05) is 18.0 Å². The molecule has 1 atom stereocenters. The Labute approximate surface area is 119 Å². The number of anilines is 1. The Bertz CT molecular complexity index is 417. The van der Waals surface area contributed by atoms with Crippen molar-refractivity contribution in [3.05, 3.63) is 28.2 Å². The Kier molecular flexibility index (Phi) is 5.86. The van der Waals surface area contributed by atoms with Crippen LogP contribution >= 0.6 is 15.9 Å². The molecule has 0 aliphatic heterocycles. The summed E-state index contributed by atoms with van der Waals surface area (Å²) in [5, 5.41) is 0. The van der Waals surface area contributed by atoms with Gasteiger partial charge < -0.3 is 4.90 Å². The van der Waals surface area contributed by atoms with E-state index in [1.807, 2.05) is 18.2 Å². The lowest BCUT2D eigenvalue weighted by atomic mass is 10.1. The quantitative estimate of drug-likeness (QED) is 0.720. The van der Waals surface area contributed by atoms with Crippen molar-refractivity contribution in [1.29, 1.82) is 0 Å². The van der Waals surface area contributed by atoms with E-state index in [1.165, 1.54) is 12.1 Å². The number of halogens is 1. The number of carbonyl (C=O) groups excluding carboxylic acids is 1. The first kappa shape index (κ1) is 15.2. The summed E-state index contributed by atoms with van der Waals surface area (Å²) in [6.07, 6.45) is 1.18. The highest BCUT2D eigenvalue weighted by molar-refractivity contribution is 9.10. The third-order valence-electron chi connectivity index (χ3n) is 3.31. The standard InChI is InChI=1S/C15H22BrNO/c1-5-11(3)10-17(6-2)15-8-7-13(12(4)18)9-14(15)16/h7-9,11H,5-6,10H2,1-4H3. The monoisotopic (exact) mass is 311 g/mol. The van der Waals surface area contributed by atoms with E-state index in [-0.39, 0.29) is 5.78 Å². The topological polar surface area (TPSA) is 20.3 Å². The van der Waals surface area contributed by atoms with Gasteiger partial charge in [-0.05, 0) is 53.9 Å². The maximum absolute atomic E-state index is 11.3. The van der Waals surface area contributed by atoms with Crippen LogP contribution in [0.15, 0.2) is 22.7 Å². The Morgan fingerprint density at radius 1 is 1.39 bits per heavy atom. The van der Waals surface area contributed by atoms with Gasteiger partial charge in [-0.25, -0.2) is 0 Å². The maximum Gasteiger partial charge on any atom is 0.159 e. The Morgan fingerprint density at radius 3 is 2.50 bits per heavy atom. The van der Waals surface area contributed by atoms with E-state index in [1.54, 1.807) is 6.92 Å². The number of hydrogen-bond acceptors (Lipinski definition) is 2. The zero-order valence-electron chi connectivity index (χ0n) is 11.7. The third kappa shape index (κ3) is 3.84. The van der Waals surface area contributed by atoms with Gasteiger partial charge in [0.1, 0.15) is 0 Å². The first-order valence-corrected chi connectivity index (χ1v) is 7.34. The van der Waals surface area contributed by atoms with Gasteiger partial charge in [-0.3, -0.25) is 4.79 Å². The minimum Gasteiger partial charge on any atom is -0.371 e. The molecule has 0 aliphatic rings. The van der Waals surface area contributed by atoms with Crippen molar-refractivity contribution >= 4 is 27.4 Å². The number of carbonyl (C=O) groups is 1. The largest absolute Gasteiger partial charge is 0.371 e. The molecule has 0 aliphatic carbocycles. The average molecular weight is 312 g/mol. The summed E-state index contributed by atoms with van der Waals surface area (Å²) in [5.74, 6) is 0.775. The van der Waals surface area contributed by atoms with Crippen LogP contribution in [0, 0.1) is 5.92 Å². The van der Waals surface area contributed by atoms with Gasteiger partial charge in [0.25, 0.3) is 0 Å². The van der Waals surface area contributed by atoms with E-state index in [9.17, 15) is 4.79 Å². The van der Waals surface area contributed by atoms with Crippen LogP contribution < -0.4 is 4.90 Å². The van der Waals surface area contributed by atoms with Crippen molar-refractivity contribution in [1.82, 2.24) is 0 Å². The second kappa shape index (κ2) is 6.93. The molecular weight excluding hydrogens is 290 g/mol. The molecule has 0 heterocycles. The van der Waals surface area contributed by atoms with Crippen LogP contribution in [0.2, 0.25) is 0 Å². The Hall–Kier alpha value is -0.830. The highest BCUT2D eigenvalue weighted by Crippen LogP contribution is 2.28. The highest BCUT2D eigenvalue weighted by Gasteiger charge is 2.12. The zero-order valence-corrected chi connectivity index (χ0v) is 13.3.